The van der Waals surface area contributed by atoms with E-state index in [-0.39, 0.29) is 29.8 Å². The van der Waals surface area contributed by atoms with Crippen molar-refractivity contribution in [2.45, 2.75) is 50.6 Å². The molecular formula is C25H27N7O3. The fourth-order valence-electron chi connectivity index (χ4n) is 4.86. The van der Waals surface area contributed by atoms with Crippen molar-refractivity contribution >= 4 is 34.1 Å². The predicted molar refractivity (Wildman–Crippen MR) is 129 cm³/mol. The summed E-state index contributed by atoms with van der Waals surface area (Å²) in [5, 5.41) is 16.0. The number of hydrogen-bond acceptors (Lipinski definition) is 6. The van der Waals surface area contributed by atoms with Gasteiger partial charge < -0.3 is 15.4 Å². The first kappa shape index (κ1) is 21.6. The van der Waals surface area contributed by atoms with Gasteiger partial charge in [-0.05, 0) is 50.7 Å². The molecule has 6 rings (SSSR count). The highest BCUT2D eigenvalue weighted by Crippen LogP contribution is 2.33. The van der Waals surface area contributed by atoms with Gasteiger partial charge >= 0.3 is 0 Å². The zero-order chi connectivity index (χ0) is 23.9. The van der Waals surface area contributed by atoms with Crippen LogP contribution in [0.25, 0.3) is 16.6 Å². The standard InChI is InChI=1S/C25H27N7O3/c1-35-22-12-20-16(11-19(22)25(34)29-21-13-27-31-10-2-9-26-23(21)31)14-32(30-20)18-7-5-17(6-8-18)28-24(33)15-3-4-15/h2,9-15,17-18H,3-8H2,1H3,(H,28,33)(H,29,34). The van der Waals surface area contributed by atoms with Gasteiger partial charge in [0.05, 0.1) is 30.4 Å². The molecule has 10 nitrogen and oxygen atoms in total. The quantitative estimate of drug-likeness (QED) is 0.444. The lowest BCUT2D eigenvalue weighted by Gasteiger charge is -2.29. The second kappa shape index (κ2) is 8.68. The minimum absolute atomic E-state index is 0.219. The molecule has 2 fully saturated rings. The number of hydrogen-bond donors (Lipinski definition) is 2. The number of amides is 2. The SMILES string of the molecule is COc1cc2nn(C3CCC(NC(=O)C4CC4)CC3)cc2cc1C(=O)Nc1cnn2cccnc12. The molecule has 0 unspecified atom stereocenters. The number of benzene rings is 1. The average Bonchev–Trinajstić information content (AvgIpc) is 3.54. The molecule has 0 saturated heterocycles. The number of ether oxygens (including phenoxy) is 1. The van der Waals surface area contributed by atoms with Crippen LogP contribution in [-0.4, -0.2) is 49.3 Å². The van der Waals surface area contributed by atoms with E-state index in [0.29, 0.717) is 22.6 Å². The number of carbonyl (C=O) groups is 2. The van der Waals surface area contributed by atoms with Crippen molar-refractivity contribution in [3.05, 3.63) is 48.5 Å². The van der Waals surface area contributed by atoms with E-state index in [4.69, 9.17) is 9.84 Å². The maximum atomic E-state index is 13.1. The van der Waals surface area contributed by atoms with Gasteiger partial charge in [-0.1, -0.05) is 0 Å². The van der Waals surface area contributed by atoms with Gasteiger partial charge in [0.1, 0.15) is 11.4 Å². The van der Waals surface area contributed by atoms with E-state index in [2.05, 4.69) is 20.7 Å². The fourth-order valence-corrected chi connectivity index (χ4v) is 4.86. The molecule has 2 aliphatic rings. The largest absolute Gasteiger partial charge is 0.496 e. The molecule has 1 aromatic carbocycles. The highest BCUT2D eigenvalue weighted by atomic mass is 16.5. The molecule has 35 heavy (non-hydrogen) atoms. The molecule has 0 bridgehead atoms. The third-order valence-electron chi connectivity index (χ3n) is 6.98. The molecule has 0 spiro atoms. The van der Waals surface area contributed by atoms with Crippen molar-refractivity contribution < 1.29 is 14.3 Å². The number of anilines is 1. The smallest absolute Gasteiger partial charge is 0.259 e. The zero-order valence-corrected chi connectivity index (χ0v) is 19.5. The summed E-state index contributed by atoms with van der Waals surface area (Å²) in [7, 11) is 1.54. The fraction of sp³-hybridized carbons (Fsp3) is 0.400. The molecule has 0 radical (unpaired) electrons. The summed E-state index contributed by atoms with van der Waals surface area (Å²) in [5.41, 5.74) is 2.29. The Kier molecular flexibility index (Phi) is 5.35. The Balaban J connectivity index is 1.19. The van der Waals surface area contributed by atoms with Crippen molar-refractivity contribution in [1.29, 1.82) is 0 Å². The Morgan fingerprint density at radius 2 is 1.94 bits per heavy atom. The van der Waals surface area contributed by atoms with Crippen molar-refractivity contribution in [2.24, 2.45) is 5.92 Å². The maximum absolute atomic E-state index is 13.1. The minimum Gasteiger partial charge on any atom is -0.496 e. The van der Waals surface area contributed by atoms with Crippen molar-refractivity contribution in [2.75, 3.05) is 12.4 Å². The van der Waals surface area contributed by atoms with E-state index in [1.807, 2.05) is 16.9 Å². The molecule has 2 aliphatic carbocycles. The second-order valence-electron chi connectivity index (χ2n) is 9.41. The molecular weight excluding hydrogens is 446 g/mol. The van der Waals surface area contributed by atoms with Crippen LogP contribution in [0, 0.1) is 5.92 Å². The lowest BCUT2D eigenvalue weighted by Crippen LogP contribution is -2.38. The van der Waals surface area contributed by atoms with Crippen molar-refractivity contribution in [1.82, 2.24) is 29.7 Å². The normalized spacial score (nSPS) is 20.1. The van der Waals surface area contributed by atoms with E-state index < -0.39 is 0 Å². The van der Waals surface area contributed by atoms with Gasteiger partial charge in [0, 0.05) is 42.0 Å². The van der Waals surface area contributed by atoms with Crippen LogP contribution in [0.3, 0.4) is 0 Å². The molecule has 2 saturated carbocycles. The van der Waals surface area contributed by atoms with E-state index in [0.717, 1.165) is 49.4 Å². The number of nitrogens with one attached hydrogen (secondary N) is 2. The molecule has 0 aliphatic heterocycles. The van der Waals surface area contributed by atoms with Crippen molar-refractivity contribution in [3.63, 3.8) is 0 Å². The number of methoxy groups -OCH3 is 1. The zero-order valence-electron chi connectivity index (χ0n) is 19.5. The minimum atomic E-state index is -0.302. The van der Waals surface area contributed by atoms with Crippen LogP contribution in [0.15, 0.2) is 43.0 Å². The van der Waals surface area contributed by atoms with Crippen LogP contribution in [0.1, 0.15) is 54.9 Å². The van der Waals surface area contributed by atoms with E-state index in [1.165, 1.54) is 0 Å². The summed E-state index contributed by atoms with van der Waals surface area (Å²) in [5.74, 6) is 0.617. The van der Waals surface area contributed by atoms with Crippen LogP contribution >= 0.6 is 0 Å². The lowest BCUT2D eigenvalue weighted by molar-refractivity contribution is -0.123. The van der Waals surface area contributed by atoms with E-state index in [1.54, 1.807) is 42.3 Å². The highest BCUT2D eigenvalue weighted by molar-refractivity contribution is 6.09. The van der Waals surface area contributed by atoms with Gasteiger partial charge in [-0.25, -0.2) is 9.50 Å². The molecule has 3 aromatic heterocycles. The Bertz CT molecular complexity index is 1410. The average molecular weight is 474 g/mol. The topological polar surface area (TPSA) is 115 Å². The Hall–Kier alpha value is -3.95. The van der Waals surface area contributed by atoms with Crippen molar-refractivity contribution in [3.8, 4) is 5.75 Å². The third-order valence-corrected chi connectivity index (χ3v) is 6.98. The van der Waals surface area contributed by atoms with E-state index in [9.17, 15) is 9.59 Å². The van der Waals surface area contributed by atoms with Crippen LogP contribution in [-0.2, 0) is 4.79 Å². The number of nitrogens with zero attached hydrogens (tertiary/aromatic N) is 5. The van der Waals surface area contributed by atoms with Crippen LogP contribution in [0.2, 0.25) is 0 Å². The van der Waals surface area contributed by atoms with Gasteiger partial charge in [0.25, 0.3) is 5.91 Å². The summed E-state index contributed by atoms with van der Waals surface area (Å²) >= 11 is 0. The molecule has 3 heterocycles. The van der Waals surface area contributed by atoms with Gasteiger partial charge in [0.2, 0.25) is 5.91 Å². The molecule has 10 heteroatoms. The second-order valence-corrected chi connectivity index (χ2v) is 9.41. The summed E-state index contributed by atoms with van der Waals surface area (Å²) in [6.45, 7) is 0. The van der Waals surface area contributed by atoms with Crippen LogP contribution in [0.5, 0.6) is 5.75 Å². The Labute approximate surface area is 201 Å². The first-order chi connectivity index (χ1) is 17.1. The number of carbonyl (C=O) groups excluding carboxylic acids is 2. The number of fused-ring (bicyclic) bond motifs is 2. The van der Waals surface area contributed by atoms with Crippen LogP contribution in [0.4, 0.5) is 5.69 Å². The molecule has 4 aromatic rings. The first-order valence-corrected chi connectivity index (χ1v) is 12.1. The Morgan fingerprint density at radius 3 is 2.71 bits per heavy atom. The monoisotopic (exact) mass is 473 g/mol. The Morgan fingerprint density at radius 1 is 1.11 bits per heavy atom. The summed E-state index contributed by atoms with van der Waals surface area (Å²) < 4.78 is 9.13. The highest BCUT2D eigenvalue weighted by Gasteiger charge is 2.32. The summed E-state index contributed by atoms with van der Waals surface area (Å²) in [6.07, 6.45) is 12.9. The van der Waals surface area contributed by atoms with Gasteiger partial charge in [-0.15, -0.1) is 0 Å². The summed E-state index contributed by atoms with van der Waals surface area (Å²) in [6, 6.07) is 5.92. The first-order valence-electron chi connectivity index (χ1n) is 12.1. The predicted octanol–water partition coefficient (Wildman–Crippen LogP) is 3.35. The third kappa shape index (κ3) is 4.20. The molecule has 2 amide bonds. The maximum Gasteiger partial charge on any atom is 0.259 e. The van der Waals surface area contributed by atoms with Crippen LogP contribution < -0.4 is 15.4 Å². The van der Waals surface area contributed by atoms with Gasteiger partial charge in [0.15, 0.2) is 5.65 Å². The lowest BCUT2D eigenvalue weighted by atomic mass is 9.91. The number of aromatic nitrogens is 5. The van der Waals surface area contributed by atoms with E-state index >= 15 is 0 Å². The molecule has 0 atom stereocenters. The molecule has 180 valence electrons. The summed E-state index contributed by atoms with van der Waals surface area (Å²) in [4.78, 5) is 29.5. The van der Waals surface area contributed by atoms with Gasteiger partial charge in [-0.2, -0.15) is 10.2 Å². The van der Waals surface area contributed by atoms with Gasteiger partial charge in [-0.3, -0.25) is 14.3 Å². The molecule has 2 N–H and O–H groups in total. The number of rotatable bonds is 6.